The molecule has 39 heavy (non-hydrogen) atoms. The van der Waals surface area contributed by atoms with Gasteiger partial charge in [0, 0.05) is 40.7 Å². The van der Waals surface area contributed by atoms with Crippen molar-refractivity contribution in [2.45, 2.75) is 53.9 Å². The van der Waals surface area contributed by atoms with Gasteiger partial charge in [-0.15, -0.1) is 0 Å². The summed E-state index contributed by atoms with van der Waals surface area (Å²) >= 11 is 0.641. The second-order valence-corrected chi connectivity index (χ2v) is 11.3. The molecule has 1 heterocycles. The Morgan fingerprint density at radius 2 is 1.72 bits per heavy atom. The van der Waals surface area contributed by atoms with Crippen molar-refractivity contribution in [2.75, 3.05) is 31.6 Å². The van der Waals surface area contributed by atoms with Crippen LogP contribution in [0.5, 0.6) is 0 Å². The van der Waals surface area contributed by atoms with Crippen molar-refractivity contribution in [3.05, 3.63) is 59.2 Å². The maximum Gasteiger partial charge on any atom is 0.418 e. The van der Waals surface area contributed by atoms with Crippen LogP contribution in [0, 0.1) is 11.8 Å². The molecule has 3 fully saturated rings. The van der Waals surface area contributed by atoms with Gasteiger partial charge in [0.1, 0.15) is 0 Å². The van der Waals surface area contributed by atoms with E-state index in [1.165, 1.54) is 17.7 Å². The van der Waals surface area contributed by atoms with Gasteiger partial charge in [0.25, 0.3) is 0 Å². The van der Waals surface area contributed by atoms with Crippen LogP contribution in [-0.4, -0.2) is 43.2 Å². The Morgan fingerprint density at radius 1 is 0.974 bits per heavy atom. The Morgan fingerprint density at radius 3 is 2.36 bits per heavy atom. The third kappa shape index (κ3) is 6.40. The molecule has 2 aliphatic carbocycles. The number of carbonyl (C=O) groups is 1. The summed E-state index contributed by atoms with van der Waals surface area (Å²) in [6, 6.07) is 9.10. The van der Waals surface area contributed by atoms with Crippen molar-refractivity contribution in [1.29, 1.82) is 0 Å². The van der Waals surface area contributed by atoms with Gasteiger partial charge in [-0.05, 0) is 67.0 Å². The average molecular weight is 571 g/mol. The van der Waals surface area contributed by atoms with E-state index in [9.17, 15) is 31.1 Å². The zero-order valence-corrected chi connectivity index (χ0v) is 21.8. The summed E-state index contributed by atoms with van der Waals surface area (Å²) in [5, 5.41) is 3.47. The van der Waals surface area contributed by atoms with Gasteiger partial charge in [-0.1, -0.05) is 30.3 Å². The first kappa shape index (κ1) is 27.9. The topological polar surface area (TPSA) is 41.6 Å². The normalized spacial score (nSPS) is 23.5. The van der Waals surface area contributed by atoms with Gasteiger partial charge in [-0.3, -0.25) is 4.79 Å². The smallest absolute Gasteiger partial charge is 0.382 e. The predicted octanol–water partition coefficient (Wildman–Crippen LogP) is 7.35. The summed E-state index contributed by atoms with van der Waals surface area (Å²) in [6.45, 7) is 1.09. The maximum absolute atomic E-state index is 14.2. The van der Waals surface area contributed by atoms with E-state index in [0.717, 1.165) is 42.8 Å². The number of morpholine rings is 1. The van der Waals surface area contributed by atoms with E-state index in [0.29, 0.717) is 34.5 Å². The number of fused-ring (bicyclic) bond motifs is 2. The van der Waals surface area contributed by atoms with Gasteiger partial charge in [-0.25, -0.2) is 0 Å². The average Bonchev–Trinajstić information content (AvgIpc) is 3.50. The van der Waals surface area contributed by atoms with Crippen LogP contribution in [0.25, 0.3) is 6.08 Å². The highest BCUT2D eigenvalue weighted by Crippen LogP contribution is 2.49. The third-order valence-electron chi connectivity index (χ3n) is 7.65. The highest BCUT2D eigenvalue weighted by Gasteiger charge is 2.46. The predicted molar refractivity (Wildman–Crippen MR) is 136 cm³/mol. The Bertz CT molecular complexity index is 1240. The monoisotopic (exact) mass is 570 g/mol. The number of nitrogens with one attached hydrogen (secondary N) is 1. The molecule has 1 saturated heterocycles. The molecule has 0 radical (unpaired) electrons. The molecule has 1 amide bonds. The van der Waals surface area contributed by atoms with E-state index in [-0.39, 0.29) is 26.3 Å². The van der Waals surface area contributed by atoms with Crippen molar-refractivity contribution >= 4 is 29.4 Å². The summed E-state index contributed by atoms with van der Waals surface area (Å²) in [6.07, 6.45) is -4.26. The van der Waals surface area contributed by atoms with E-state index in [2.05, 4.69) is 5.32 Å². The fraction of sp³-hybridized carbons (Fsp3) is 0.464. The Kier molecular flexibility index (Phi) is 7.92. The molecule has 2 aromatic carbocycles. The fourth-order valence-corrected chi connectivity index (χ4v) is 6.91. The van der Waals surface area contributed by atoms with Gasteiger partial charge in [0.2, 0.25) is 5.91 Å². The van der Waals surface area contributed by atoms with E-state index in [1.807, 2.05) is 6.07 Å². The lowest BCUT2D eigenvalue weighted by molar-refractivity contribution is -0.163. The summed E-state index contributed by atoms with van der Waals surface area (Å²) in [4.78, 5) is 13.6. The SMILES string of the molecule is O=C(/C=C/c1ccc(Sc2cccc(NC3CC4CCC3C4)c2)c(C(F)(F)F)c1C(F)(F)F)N1CCOCC1. The molecule has 5 rings (SSSR count). The summed E-state index contributed by atoms with van der Waals surface area (Å²) in [5.74, 6) is 0.698. The van der Waals surface area contributed by atoms with E-state index < -0.39 is 39.8 Å². The molecule has 1 N–H and O–H groups in total. The van der Waals surface area contributed by atoms with Crippen molar-refractivity contribution in [3.63, 3.8) is 0 Å². The second kappa shape index (κ2) is 11.1. The van der Waals surface area contributed by atoms with Gasteiger partial charge in [0.05, 0.1) is 24.3 Å². The maximum atomic E-state index is 14.2. The molecule has 0 aromatic heterocycles. The van der Waals surface area contributed by atoms with Gasteiger partial charge < -0.3 is 15.0 Å². The molecule has 2 aromatic rings. The molecule has 2 saturated carbocycles. The number of alkyl halides is 6. The number of ether oxygens (including phenoxy) is 1. The minimum atomic E-state index is -5.30. The first-order valence-electron chi connectivity index (χ1n) is 12.9. The summed E-state index contributed by atoms with van der Waals surface area (Å²) < 4.78 is 90.2. The van der Waals surface area contributed by atoms with Crippen molar-refractivity contribution in [2.24, 2.45) is 11.8 Å². The minimum absolute atomic E-state index is 0.259. The number of hydrogen-bond acceptors (Lipinski definition) is 4. The fourth-order valence-electron chi connectivity index (χ4n) is 5.87. The van der Waals surface area contributed by atoms with Crippen LogP contribution >= 0.6 is 11.8 Å². The number of hydrogen-bond donors (Lipinski definition) is 1. The van der Waals surface area contributed by atoms with Crippen LogP contribution in [0.4, 0.5) is 32.0 Å². The highest BCUT2D eigenvalue weighted by molar-refractivity contribution is 7.99. The molecule has 3 unspecified atom stereocenters. The van der Waals surface area contributed by atoms with Gasteiger partial charge >= 0.3 is 12.4 Å². The number of benzene rings is 2. The molecule has 4 nitrogen and oxygen atoms in total. The summed E-state index contributed by atoms with van der Waals surface area (Å²) in [5.41, 5.74) is -3.54. The van der Waals surface area contributed by atoms with Crippen LogP contribution in [0.3, 0.4) is 0 Å². The summed E-state index contributed by atoms with van der Waals surface area (Å²) in [7, 11) is 0. The molecule has 210 valence electrons. The zero-order chi connectivity index (χ0) is 27.8. The van der Waals surface area contributed by atoms with Crippen LogP contribution in [0.2, 0.25) is 0 Å². The minimum Gasteiger partial charge on any atom is -0.382 e. The van der Waals surface area contributed by atoms with E-state index >= 15 is 0 Å². The van der Waals surface area contributed by atoms with Gasteiger partial charge in [0.15, 0.2) is 0 Å². The van der Waals surface area contributed by atoms with Gasteiger partial charge in [-0.2, -0.15) is 26.3 Å². The number of anilines is 1. The number of amides is 1. The molecule has 3 atom stereocenters. The Balaban J connectivity index is 1.44. The molecule has 11 heteroatoms. The molecule has 2 bridgehead atoms. The highest BCUT2D eigenvalue weighted by atomic mass is 32.2. The second-order valence-electron chi connectivity index (χ2n) is 10.2. The first-order chi connectivity index (χ1) is 18.5. The van der Waals surface area contributed by atoms with E-state index in [1.54, 1.807) is 18.2 Å². The molecular weight excluding hydrogens is 542 g/mol. The lowest BCUT2D eigenvalue weighted by atomic mass is 9.95. The van der Waals surface area contributed by atoms with Crippen LogP contribution < -0.4 is 5.32 Å². The standard InChI is InChI=1S/C28H28F6N2O2S/c29-27(30,31)25-18(7-9-24(37)36-10-12-38-13-11-36)6-8-23(26(25)28(32,33)34)39-21-3-1-2-20(16-21)35-22-15-17-4-5-19(22)14-17/h1-3,6-9,16-17,19,22,35H,4-5,10-15H2/b9-7+. The van der Waals surface area contributed by atoms with Crippen molar-refractivity contribution < 1.29 is 35.9 Å². The van der Waals surface area contributed by atoms with Crippen LogP contribution in [0.15, 0.2) is 52.3 Å². The zero-order valence-electron chi connectivity index (χ0n) is 20.9. The number of halogens is 6. The quantitative estimate of drug-likeness (QED) is 0.291. The number of nitrogens with zero attached hydrogens (tertiary/aromatic N) is 1. The Hall–Kier alpha value is -2.66. The third-order valence-corrected chi connectivity index (χ3v) is 8.70. The van der Waals surface area contributed by atoms with Crippen molar-refractivity contribution in [1.82, 2.24) is 4.90 Å². The number of carbonyl (C=O) groups excluding carboxylic acids is 1. The molecular formula is C28H28F6N2O2S. The number of rotatable bonds is 6. The molecule has 0 spiro atoms. The Labute approximate surface area is 226 Å². The molecule has 1 aliphatic heterocycles. The van der Waals surface area contributed by atoms with Crippen molar-refractivity contribution in [3.8, 4) is 0 Å². The van der Waals surface area contributed by atoms with Crippen LogP contribution in [-0.2, 0) is 21.9 Å². The largest absolute Gasteiger partial charge is 0.418 e. The lowest BCUT2D eigenvalue weighted by Crippen LogP contribution is -2.39. The van der Waals surface area contributed by atoms with E-state index in [4.69, 9.17) is 4.74 Å². The molecule has 3 aliphatic rings. The first-order valence-corrected chi connectivity index (χ1v) is 13.7. The lowest BCUT2D eigenvalue weighted by Gasteiger charge is -2.25. The van der Waals surface area contributed by atoms with Crippen LogP contribution in [0.1, 0.15) is 42.4 Å².